The summed E-state index contributed by atoms with van der Waals surface area (Å²) in [4.78, 5) is 12.4. The van der Waals surface area contributed by atoms with Crippen molar-refractivity contribution in [2.24, 2.45) is 0 Å². The summed E-state index contributed by atoms with van der Waals surface area (Å²) in [6, 6.07) is 12.7. The molecule has 27 heavy (non-hydrogen) atoms. The summed E-state index contributed by atoms with van der Waals surface area (Å²) in [7, 11) is 1.43. The molecule has 140 valence electrons. The van der Waals surface area contributed by atoms with Gasteiger partial charge >= 0.3 is 0 Å². The SMILES string of the molecule is CCCCc1ccc(NC(=O)C(C#N)=Cc2cc(Br)c(O)c(OC)c2)cc1. The Morgan fingerprint density at radius 3 is 2.63 bits per heavy atom. The number of carbonyl (C=O) groups excluding carboxylic acids is 1. The van der Waals surface area contributed by atoms with Crippen molar-refractivity contribution in [1.82, 2.24) is 0 Å². The summed E-state index contributed by atoms with van der Waals surface area (Å²) in [5.74, 6) is -0.293. The molecule has 0 aliphatic heterocycles. The molecule has 0 saturated carbocycles. The Bertz CT molecular complexity index is 884. The van der Waals surface area contributed by atoms with Gasteiger partial charge in [-0.3, -0.25) is 4.79 Å². The molecule has 2 N–H and O–H groups in total. The topological polar surface area (TPSA) is 82.4 Å². The average molecular weight is 429 g/mol. The van der Waals surface area contributed by atoms with Crippen LogP contribution in [0.5, 0.6) is 11.5 Å². The molecule has 0 saturated heterocycles. The number of anilines is 1. The third-order valence-electron chi connectivity index (χ3n) is 3.98. The van der Waals surface area contributed by atoms with Crippen molar-refractivity contribution in [3.63, 3.8) is 0 Å². The van der Waals surface area contributed by atoms with Gasteiger partial charge in [-0.05, 0) is 70.2 Å². The predicted octanol–water partition coefficient (Wildman–Crippen LogP) is 5.05. The van der Waals surface area contributed by atoms with E-state index in [1.165, 1.54) is 18.7 Å². The molecule has 0 aromatic heterocycles. The van der Waals surface area contributed by atoms with Crippen molar-refractivity contribution < 1.29 is 14.6 Å². The molecule has 0 aliphatic rings. The van der Waals surface area contributed by atoms with Gasteiger partial charge in [-0.1, -0.05) is 25.5 Å². The zero-order valence-electron chi connectivity index (χ0n) is 15.3. The van der Waals surface area contributed by atoms with Crippen LogP contribution < -0.4 is 10.1 Å². The van der Waals surface area contributed by atoms with Gasteiger partial charge in [-0.15, -0.1) is 0 Å². The molecule has 5 nitrogen and oxygen atoms in total. The summed E-state index contributed by atoms with van der Waals surface area (Å²) in [5.41, 5.74) is 2.35. The number of ether oxygens (including phenoxy) is 1. The van der Waals surface area contributed by atoms with E-state index in [9.17, 15) is 15.2 Å². The third kappa shape index (κ3) is 5.60. The van der Waals surface area contributed by atoms with Crippen LogP contribution in [0.1, 0.15) is 30.9 Å². The molecule has 1 amide bonds. The van der Waals surface area contributed by atoms with E-state index in [-0.39, 0.29) is 17.1 Å². The van der Waals surface area contributed by atoms with Crippen molar-refractivity contribution in [3.05, 3.63) is 57.6 Å². The van der Waals surface area contributed by atoms with E-state index < -0.39 is 5.91 Å². The Balaban J connectivity index is 2.17. The van der Waals surface area contributed by atoms with Crippen LogP contribution >= 0.6 is 15.9 Å². The van der Waals surface area contributed by atoms with E-state index >= 15 is 0 Å². The van der Waals surface area contributed by atoms with E-state index in [1.807, 2.05) is 30.3 Å². The Morgan fingerprint density at radius 1 is 1.33 bits per heavy atom. The molecule has 2 aromatic carbocycles. The van der Waals surface area contributed by atoms with Crippen LogP contribution in [0.15, 0.2) is 46.4 Å². The van der Waals surface area contributed by atoms with Gasteiger partial charge in [0.2, 0.25) is 0 Å². The Kier molecular flexibility index (Phi) is 7.44. The molecule has 0 spiro atoms. The Morgan fingerprint density at radius 2 is 2.04 bits per heavy atom. The van der Waals surface area contributed by atoms with Crippen LogP contribution in [-0.2, 0) is 11.2 Å². The van der Waals surface area contributed by atoms with Gasteiger partial charge in [-0.2, -0.15) is 5.26 Å². The number of phenols is 1. The number of phenolic OH excluding ortho intramolecular Hbond substituents is 1. The molecule has 0 radical (unpaired) electrons. The number of unbranched alkanes of at least 4 members (excludes halogenated alkanes) is 1. The van der Waals surface area contributed by atoms with Gasteiger partial charge in [0.05, 0.1) is 11.6 Å². The first-order valence-electron chi connectivity index (χ1n) is 8.57. The van der Waals surface area contributed by atoms with Crippen molar-refractivity contribution in [2.75, 3.05) is 12.4 Å². The van der Waals surface area contributed by atoms with Crippen LogP contribution in [0.2, 0.25) is 0 Å². The van der Waals surface area contributed by atoms with Gasteiger partial charge < -0.3 is 15.2 Å². The number of hydrogen-bond donors (Lipinski definition) is 2. The van der Waals surface area contributed by atoms with Crippen molar-refractivity contribution in [3.8, 4) is 17.6 Å². The second kappa shape index (κ2) is 9.79. The molecule has 2 aromatic rings. The molecule has 2 rings (SSSR count). The van der Waals surface area contributed by atoms with Crippen LogP contribution in [0.3, 0.4) is 0 Å². The fourth-order valence-electron chi connectivity index (χ4n) is 2.48. The molecule has 0 bridgehead atoms. The second-order valence-electron chi connectivity index (χ2n) is 5.98. The molecular formula is C21H21BrN2O3. The first-order chi connectivity index (χ1) is 13.0. The van der Waals surface area contributed by atoms with E-state index in [0.717, 1.165) is 19.3 Å². The van der Waals surface area contributed by atoms with E-state index in [1.54, 1.807) is 12.1 Å². The molecule has 0 heterocycles. The lowest BCUT2D eigenvalue weighted by molar-refractivity contribution is -0.112. The van der Waals surface area contributed by atoms with Gasteiger partial charge in [0, 0.05) is 5.69 Å². The number of benzene rings is 2. The maximum atomic E-state index is 12.4. The van der Waals surface area contributed by atoms with Gasteiger partial charge in [-0.25, -0.2) is 0 Å². The van der Waals surface area contributed by atoms with Crippen molar-refractivity contribution >= 4 is 33.6 Å². The first-order valence-corrected chi connectivity index (χ1v) is 9.36. The molecule has 0 atom stereocenters. The zero-order chi connectivity index (χ0) is 19.8. The number of amides is 1. The van der Waals surface area contributed by atoms with Gasteiger partial charge in [0.15, 0.2) is 11.5 Å². The maximum absolute atomic E-state index is 12.4. The smallest absolute Gasteiger partial charge is 0.266 e. The van der Waals surface area contributed by atoms with Gasteiger partial charge in [0.1, 0.15) is 11.6 Å². The molecule has 6 heteroatoms. The number of aromatic hydroxyl groups is 1. The Labute approximate surface area is 167 Å². The highest BCUT2D eigenvalue weighted by molar-refractivity contribution is 9.10. The largest absolute Gasteiger partial charge is 0.503 e. The number of rotatable bonds is 7. The zero-order valence-corrected chi connectivity index (χ0v) is 16.8. The second-order valence-corrected chi connectivity index (χ2v) is 6.83. The van der Waals surface area contributed by atoms with E-state index in [2.05, 4.69) is 28.2 Å². The quantitative estimate of drug-likeness (QED) is 0.477. The minimum atomic E-state index is -0.498. The molecule has 0 unspecified atom stereocenters. The summed E-state index contributed by atoms with van der Waals surface area (Å²) in [6.45, 7) is 2.15. The standard InChI is InChI=1S/C21H21BrN2O3/c1-3-4-5-14-6-8-17(9-7-14)24-21(26)16(13-23)10-15-11-18(22)20(25)19(12-15)27-2/h6-12,25H,3-5H2,1-2H3,(H,24,26). The first kappa shape index (κ1) is 20.5. The van der Waals surface area contributed by atoms with Crippen LogP contribution in [0.4, 0.5) is 5.69 Å². The number of methoxy groups -OCH3 is 1. The number of hydrogen-bond acceptors (Lipinski definition) is 4. The summed E-state index contributed by atoms with van der Waals surface area (Å²) in [5, 5.41) is 21.9. The highest BCUT2D eigenvalue weighted by Crippen LogP contribution is 2.35. The number of nitriles is 1. The normalized spacial score (nSPS) is 11.0. The monoisotopic (exact) mass is 428 g/mol. The van der Waals surface area contributed by atoms with E-state index in [4.69, 9.17) is 4.74 Å². The van der Waals surface area contributed by atoms with Crippen LogP contribution in [0, 0.1) is 11.3 Å². The summed E-state index contributed by atoms with van der Waals surface area (Å²) in [6.07, 6.45) is 4.70. The molecular weight excluding hydrogens is 408 g/mol. The fraction of sp³-hybridized carbons (Fsp3) is 0.238. The van der Waals surface area contributed by atoms with Crippen LogP contribution in [0.25, 0.3) is 6.08 Å². The Hall–Kier alpha value is -2.78. The highest BCUT2D eigenvalue weighted by atomic mass is 79.9. The molecule has 0 aliphatic carbocycles. The number of carbonyl (C=O) groups is 1. The minimum absolute atomic E-state index is 0.0410. The summed E-state index contributed by atoms with van der Waals surface area (Å²) >= 11 is 3.22. The minimum Gasteiger partial charge on any atom is -0.503 e. The molecule has 0 fully saturated rings. The number of halogens is 1. The third-order valence-corrected chi connectivity index (χ3v) is 4.58. The van der Waals surface area contributed by atoms with Crippen molar-refractivity contribution in [1.29, 1.82) is 5.26 Å². The maximum Gasteiger partial charge on any atom is 0.266 e. The van der Waals surface area contributed by atoms with Crippen molar-refractivity contribution in [2.45, 2.75) is 26.2 Å². The lowest BCUT2D eigenvalue weighted by atomic mass is 10.1. The average Bonchev–Trinajstić information content (AvgIpc) is 2.67. The highest BCUT2D eigenvalue weighted by Gasteiger charge is 2.12. The number of nitrogens with zero attached hydrogens (tertiary/aromatic N) is 1. The van der Waals surface area contributed by atoms with E-state index in [0.29, 0.717) is 15.7 Å². The lowest BCUT2D eigenvalue weighted by Gasteiger charge is -2.08. The van der Waals surface area contributed by atoms with Gasteiger partial charge in [0.25, 0.3) is 5.91 Å². The van der Waals surface area contributed by atoms with Crippen LogP contribution in [-0.4, -0.2) is 18.1 Å². The summed E-state index contributed by atoms with van der Waals surface area (Å²) < 4.78 is 5.49. The number of nitrogens with one attached hydrogen (secondary N) is 1. The number of aryl methyl sites for hydroxylation is 1. The fourth-order valence-corrected chi connectivity index (χ4v) is 2.94. The lowest BCUT2D eigenvalue weighted by Crippen LogP contribution is -2.13. The predicted molar refractivity (Wildman–Crippen MR) is 110 cm³/mol.